The summed E-state index contributed by atoms with van der Waals surface area (Å²) in [5.41, 5.74) is 2.05. The number of carbonyl (C=O) groups is 1. The van der Waals surface area contributed by atoms with Crippen molar-refractivity contribution in [3.63, 3.8) is 0 Å². The first-order valence-corrected chi connectivity index (χ1v) is 9.58. The first kappa shape index (κ1) is 22.1. The van der Waals surface area contributed by atoms with Gasteiger partial charge in [0.2, 0.25) is 5.91 Å². The Hall–Kier alpha value is -3.22. The number of methoxy groups -OCH3 is 2. The van der Waals surface area contributed by atoms with Crippen LogP contribution >= 0.6 is 0 Å². The Labute approximate surface area is 172 Å². The molecule has 7 heteroatoms. The lowest BCUT2D eigenvalue weighted by Gasteiger charge is -2.23. The van der Waals surface area contributed by atoms with Crippen molar-refractivity contribution >= 4 is 11.9 Å². The molecule has 0 fully saturated rings. The molecular weight excluding hydrogens is 368 g/mol. The maximum Gasteiger partial charge on any atom is 0.242 e. The summed E-state index contributed by atoms with van der Waals surface area (Å²) >= 11 is 0. The molecule has 0 spiro atoms. The Morgan fingerprint density at radius 3 is 2.48 bits per heavy atom. The lowest BCUT2D eigenvalue weighted by Crippen LogP contribution is -2.39. The van der Waals surface area contributed by atoms with E-state index in [1.807, 2.05) is 67.4 Å². The first-order chi connectivity index (χ1) is 14.1. The van der Waals surface area contributed by atoms with Crippen molar-refractivity contribution in [1.29, 1.82) is 0 Å². The molecule has 0 atom stereocenters. The van der Waals surface area contributed by atoms with E-state index in [9.17, 15) is 4.79 Å². The van der Waals surface area contributed by atoms with Gasteiger partial charge in [-0.3, -0.25) is 4.79 Å². The number of aliphatic imine (C=N–C) groups is 1. The van der Waals surface area contributed by atoms with Crippen LogP contribution in [-0.2, 0) is 17.9 Å². The van der Waals surface area contributed by atoms with Crippen LogP contribution in [0.1, 0.15) is 18.1 Å². The average Bonchev–Trinajstić information content (AvgIpc) is 2.76. The fourth-order valence-electron chi connectivity index (χ4n) is 2.78. The van der Waals surface area contributed by atoms with Crippen molar-refractivity contribution in [2.24, 2.45) is 4.99 Å². The molecule has 0 radical (unpaired) electrons. The number of carbonyl (C=O) groups excluding carboxylic acids is 1. The molecule has 7 nitrogen and oxygen atoms in total. The molecule has 0 heterocycles. The summed E-state index contributed by atoms with van der Waals surface area (Å²) in [6.45, 7) is 3.82. The van der Waals surface area contributed by atoms with Gasteiger partial charge in [-0.25, -0.2) is 4.99 Å². The van der Waals surface area contributed by atoms with E-state index in [4.69, 9.17) is 9.47 Å². The number of amides is 1. The standard InChI is InChI=1S/C22H30N4O3/c1-5-23-22(25-15-21(27)24-14-17-9-7-6-8-10-17)26(2)16-18-11-12-19(28-3)13-20(18)29-4/h6-13H,5,14-16H2,1-4H3,(H,23,25)(H,24,27). The molecule has 156 valence electrons. The highest BCUT2D eigenvalue weighted by Crippen LogP contribution is 2.25. The van der Waals surface area contributed by atoms with E-state index in [0.717, 1.165) is 22.6 Å². The quantitative estimate of drug-likeness (QED) is 0.501. The molecule has 0 saturated heterocycles. The number of nitrogens with zero attached hydrogens (tertiary/aromatic N) is 2. The molecule has 0 aromatic heterocycles. The van der Waals surface area contributed by atoms with E-state index in [1.54, 1.807) is 14.2 Å². The van der Waals surface area contributed by atoms with Crippen LogP contribution in [0.2, 0.25) is 0 Å². The Morgan fingerprint density at radius 1 is 1.07 bits per heavy atom. The van der Waals surface area contributed by atoms with Gasteiger partial charge in [0.05, 0.1) is 14.2 Å². The van der Waals surface area contributed by atoms with E-state index in [0.29, 0.717) is 25.6 Å². The molecule has 0 aliphatic rings. The molecule has 1 amide bonds. The van der Waals surface area contributed by atoms with E-state index < -0.39 is 0 Å². The normalized spacial score (nSPS) is 11.0. The SMILES string of the molecule is CCNC(=NCC(=O)NCc1ccccc1)N(C)Cc1ccc(OC)cc1OC. The predicted molar refractivity (Wildman–Crippen MR) is 115 cm³/mol. The van der Waals surface area contributed by atoms with Crippen molar-refractivity contribution in [2.45, 2.75) is 20.0 Å². The van der Waals surface area contributed by atoms with Crippen LogP contribution in [0.3, 0.4) is 0 Å². The molecule has 0 unspecified atom stereocenters. The maximum atomic E-state index is 12.2. The van der Waals surface area contributed by atoms with Crippen molar-refractivity contribution in [1.82, 2.24) is 15.5 Å². The third-order valence-electron chi connectivity index (χ3n) is 4.30. The Bertz CT molecular complexity index is 809. The number of ether oxygens (including phenoxy) is 2. The zero-order valence-electron chi connectivity index (χ0n) is 17.6. The highest BCUT2D eigenvalue weighted by molar-refractivity contribution is 5.84. The number of hydrogen-bond donors (Lipinski definition) is 2. The molecule has 2 aromatic rings. The minimum Gasteiger partial charge on any atom is -0.497 e. The second kappa shape index (κ2) is 11.6. The van der Waals surface area contributed by atoms with Gasteiger partial charge in [0, 0.05) is 38.3 Å². The van der Waals surface area contributed by atoms with E-state index in [-0.39, 0.29) is 12.5 Å². The minimum absolute atomic E-state index is 0.0548. The molecule has 29 heavy (non-hydrogen) atoms. The summed E-state index contributed by atoms with van der Waals surface area (Å²) in [4.78, 5) is 18.6. The monoisotopic (exact) mass is 398 g/mol. The Kier molecular flexibility index (Phi) is 8.82. The van der Waals surface area contributed by atoms with Crippen LogP contribution in [-0.4, -0.2) is 51.1 Å². The van der Waals surface area contributed by atoms with Crippen LogP contribution in [0, 0.1) is 0 Å². The highest BCUT2D eigenvalue weighted by Gasteiger charge is 2.12. The minimum atomic E-state index is -0.125. The van der Waals surface area contributed by atoms with Crippen molar-refractivity contribution < 1.29 is 14.3 Å². The van der Waals surface area contributed by atoms with Crippen LogP contribution in [0.25, 0.3) is 0 Å². The lowest BCUT2D eigenvalue weighted by molar-refractivity contribution is -0.119. The van der Waals surface area contributed by atoms with Crippen LogP contribution in [0.5, 0.6) is 11.5 Å². The number of guanidine groups is 1. The molecule has 2 rings (SSSR count). The zero-order valence-corrected chi connectivity index (χ0v) is 17.6. The number of rotatable bonds is 9. The number of benzene rings is 2. The predicted octanol–water partition coefficient (Wildman–Crippen LogP) is 2.42. The second-order valence-electron chi connectivity index (χ2n) is 6.47. The Balaban J connectivity index is 1.99. The van der Waals surface area contributed by atoms with E-state index in [2.05, 4.69) is 15.6 Å². The van der Waals surface area contributed by atoms with Gasteiger partial charge in [0.25, 0.3) is 0 Å². The van der Waals surface area contributed by atoms with E-state index >= 15 is 0 Å². The number of nitrogens with one attached hydrogen (secondary N) is 2. The molecule has 2 aromatic carbocycles. The first-order valence-electron chi connectivity index (χ1n) is 9.58. The summed E-state index contributed by atoms with van der Waals surface area (Å²) in [5.74, 6) is 2.01. The third-order valence-corrected chi connectivity index (χ3v) is 4.30. The van der Waals surface area contributed by atoms with Crippen LogP contribution in [0.15, 0.2) is 53.5 Å². The molecule has 0 aliphatic carbocycles. The fraction of sp³-hybridized carbons (Fsp3) is 0.364. The third kappa shape index (κ3) is 7.03. The van der Waals surface area contributed by atoms with Gasteiger partial charge in [0.1, 0.15) is 18.0 Å². The summed E-state index contributed by atoms with van der Waals surface area (Å²) in [6, 6.07) is 15.5. The van der Waals surface area contributed by atoms with Crippen LogP contribution < -0.4 is 20.1 Å². The summed E-state index contributed by atoms with van der Waals surface area (Å²) in [6.07, 6.45) is 0. The lowest BCUT2D eigenvalue weighted by atomic mass is 10.2. The molecule has 0 saturated carbocycles. The molecular formula is C22H30N4O3. The molecule has 2 N–H and O–H groups in total. The Morgan fingerprint density at radius 2 is 1.83 bits per heavy atom. The molecule has 0 aliphatic heterocycles. The second-order valence-corrected chi connectivity index (χ2v) is 6.47. The summed E-state index contributed by atoms with van der Waals surface area (Å²) in [7, 11) is 5.18. The van der Waals surface area contributed by atoms with Crippen molar-refractivity contribution in [3.05, 3.63) is 59.7 Å². The maximum absolute atomic E-state index is 12.2. The average molecular weight is 399 g/mol. The van der Waals surface area contributed by atoms with Gasteiger partial charge in [0.15, 0.2) is 5.96 Å². The highest BCUT2D eigenvalue weighted by atomic mass is 16.5. The summed E-state index contributed by atoms with van der Waals surface area (Å²) in [5, 5.41) is 6.11. The van der Waals surface area contributed by atoms with Gasteiger partial charge in [-0.2, -0.15) is 0 Å². The van der Waals surface area contributed by atoms with Gasteiger partial charge in [-0.15, -0.1) is 0 Å². The van der Waals surface area contributed by atoms with Gasteiger partial charge >= 0.3 is 0 Å². The smallest absolute Gasteiger partial charge is 0.242 e. The van der Waals surface area contributed by atoms with Gasteiger partial charge in [-0.05, 0) is 24.6 Å². The fourth-order valence-corrected chi connectivity index (χ4v) is 2.78. The van der Waals surface area contributed by atoms with Crippen LogP contribution in [0.4, 0.5) is 0 Å². The van der Waals surface area contributed by atoms with Crippen molar-refractivity contribution in [2.75, 3.05) is 34.4 Å². The van der Waals surface area contributed by atoms with Crippen molar-refractivity contribution in [3.8, 4) is 11.5 Å². The van der Waals surface area contributed by atoms with Gasteiger partial charge in [-0.1, -0.05) is 30.3 Å². The zero-order chi connectivity index (χ0) is 21.1. The molecule has 0 bridgehead atoms. The van der Waals surface area contributed by atoms with Gasteiger partial charge < -0.3 is 25.0 Å². The van der Waals surface area contributed by atoms with E-state index in [1.165, 1.54) is 0 Å². The topological polar surface area (TPSA) is 75.2 Å². The summed E-state index contributed by atoms with van der Waals surface area (Å²) < 4.78 is 10.7. The largest absolute Gasteiger partial charge is 0.497 e. The number of hydrogen-bond acceptors (Lipinski definition) is 4.